The Kier molecular flexibility index (Phi) is 3.13. The first-order valence-corrected chi connectivity index (χ1v) is 6.45. The van der Waals surface area contributed by atoms with Crippen molar-refractivity contribution in [1.29, 1.82) is 0 Å². The topological polar surface area (TPSA) is 35.2 Å². The van der Waals surface area contributed by atoms with E-state index < -0.39 is 0 Å². The van der Waals surface area contributed by atoms with Crippen molar-refractivity contribution in [2.24, 2.45) is 5.73 Å². The molecule has 0 aliphatic heterocycles. The highest BCUT2D eigenvalue weighted by Crippen LogP contribution is 2.51. The Bertz CT molecular complexity index is 450. The zero-order valence-electron chi connectivity index (χ0n) is 10.9. The quantitative estimate of drug-likeness (QED) is 0.891. The molecule has 0 unspecified atom stereocenters. The number of hydrogen-bond donors (Lipinski definition) is 1. The fraction of sp³-hybridized carbons (Fsp3) is 0.571. The van der Waals surface area contributed by atoms with Crippen molar-refractivity contribution in [1.82, 2.24) is 0 Å². The Morgan fingerprint density at radius 1 is 1.41 bits per heavy atom. The third kappa shape index (κ3) is 2.04. The molecule has 0 atom stereocenters. The number of halogens is 1. The van der Waals surface area contributed by atoms with E-state index in [0.717, 1.165) is 40.3 Å². The van der Waals surface area contributed by atoms with Crippen LogP contribution in [0.15, 0.2) is 6.07 Å². The van der Waals surface area contributed by atoms with E-state index in [2.05, 4.69) is 13.8 Å². The van der Waals surface area contributed by atoms with Crippen molar-refractivity contribution in [2.75, 3.05) is 7.11 Å². The molecule has 0 bridgehead atoms. The van der Waals surface area contributed by atoms with Crippen molar-refractivity contribution in [3.8, 4) is 5.75 Å². The molecular weight excluding hydrogens is 234 g/mol. The minimum atomic E-state index is -0.218. The van der Waals surface area contributed by atoms with Crippen molar-refractivity contribution in [3.05, 3.63) is 27.8 Å². The van der Waals surface area contributed by atoms with Crippen LogP contribution in [0.5, 0.6) is 5.75 Å². The summed E-state index contributed by atoms with van der Waals surface area (Å²) in [6, 6.07) is 2.01. The normalized spacial score (nSPS) is 17.4. The van der Waals surface area contributed by atoms with Gasteiger partial charge in [0.05, 0.1) is 7.11 Å². The molecule has 1 aliphatic rings. The third-order valence-corrected chi connectivity index (χ3v) is 4.01. The lowest BCUT2D eigenvalue weighted by atomic mass is 9.91. The number of ether oxygens (including phenoxy) is 1. The fourth-order valence-electron chi connectivity index (χ4n) is 2.38. The molecule has 1 fully saturated rings. The van der Waals surface area contributed by atoms with Gasteiger partial charge in [-0.2, -0.15) is 0 Å². The fourth-order valence-corrected chi connectivity index (χ4v) is 2.59. The van der Waals surface area contributed by atoms with Gasteiger partial charge in [-0.15, -0.1) is 0 Å². The summed E-state index contributed by atoms with van der Waals surface area (Å²) in [4.78, 5) is 0. The number of rotatable bonds is 3. The van der Waals surface area contributed by atoms with Gasteiger partial charge in [0.1, 0.15) is 5.75 Å². The summed E-state index contributed by atoms with van der Waals surface area (Å²) in [5.41, 5.74) is 9.44. The maximum absolute atomic E-state index is 6.34. The lowest BCUT2D eigenvalue weighted by molar-refractivity contribution is 0.396. The summed E-state index contributed by atoms with van der Waals surface area (Å²) >= 11 is 6.31. The maximum Gasteiger partial charge on any atom is 0.127 e. The van der Waals surface area contributed by atoms with Crippen LogP contribution in [0.4, 0.5) is 0 Å². The molecule has 1 aromatic carbocycles. The van der Waals surface area contributed by atoms with Gasteiger partial charge < -0.3 is 10.5 Å². The SMILES string of the molecule is COc1c(C(C)C)cc(Cl)c(C)c1C1(N)CC1. The number of nitrogens with two attached hydrogens (primary N) is 1. The van der Waals surface area contributed by atoms with E-state index in [1.165, 1.54) is 0 Å². The summed E-state index contributed by atoms with van der Waals surface area (Å²) in [6.45, 7) is 6.31. The molecule has 0 saturated heterocycles. The Morgan fingerprint density at radius 2 is 2.00 bits per heavy atom. The highest BCUT2D eigenvalue weighted by Gasteiger charge is 2.44. The molecule has 3 heteroatoms. The number of benzene rings is 1. The summed E-state index contributed by atoms with van der Waals surface area (Å²) in [5.74, 6) is 1.31. The van der Waals surface area contributed by atoms with Crippen LogP contribution >= 0.6 is 11.6 Å². The molecule has 94 valence electrons. The van der Waals surface area contributed by atoms with Gasteiger partial charge in [0.15, 0.2) is 0 Å². The van der Waals surface area contributed by atoms with E-state index in [1.54, 1.807) is 7.11 Å². The van der Waals surface area contributed by atoms with Gasteiger partial charge in [0.2, 0.25) is 0 Å². The molecule has 0 aromatic heterocycles. The van der Waals surface area contributed by atoms with Crippen LogP contribution < -0.4 is 10.5 Å². The van der Waals surface area contributed by atoms with E-state index in [9.17, 15) is 0 Å². The van der Waals surface area contributed by atoms with E-state index >= 15 is 0 Å². The summed E-state index contributed by atoms with van der Waals surface area (Å²) in [6.07, 6.45) is 2.03. The second-order valence-corrected chi connectivity index (χ2v) is 5.70. The van der Waals surface area contributed by atoms with Crippen LogP contribution in [0.3, 0.4) is 0 Å². The van der Waals surface area contributed by atoms with Gasteiger partial charge in [-0.25, -0.2) is 0 Å². The number of hydrogen-bond acceptors (Lipinski definition) is 2. The minimum Gasteiger partial charge on any atom is -0.496 e. The molecule has 0 radical (unpaired) electrons. The summed E-state index contributed by atoms with van der Waals surface area (Å²) in [5, 5.41) is 0.793. The molecule has 0 amide bonds. The van der Waals surface area contributed by atoms with Crippen molar-refractivity contribution >= 4 is 11.6 Å². The predicted octanol–water partition coefficient (Wildman–Crippen LogP) is 3.73. The Labute approximate surface area is 108 Å². The zero-order chi connectivity index (χ0) is 12.8. The molecule has 1 aromatic rings. The largest absolute Gasteiger partial charge is 0.496 e. The molecule has 2 nitrogen and oxygen atoms in total. The third-order valence-electron chi connectivity index (χ3n) is 3.62. The molecule has 1 aliphatic carbocycles. The van der Waals surface area contributed by atoms with E-state index in [0.29, 0.717) is 5.92 Å². The monoisotopic (exact) mass is 253 g/mol. The first-order valence-electron chi connectivity index (χ1n) is 6.07. The van der Waals surface area contributed by atoms with Crippen LogP contribution in [0.25, 0.3) is 0 Å². The van der Waals surface area contributed by atoms with Crippen molar-refractivity contribution < 1.29 is 4.74 Å². The molecule has 0 heterocycles. The first-order chi connectivity index (χ1) is 7.90. The second-order valence-electron chi connectivity index (χ2n) is 5.29. The number of methoxy groups -OCH3 is 1. The highest BCUT2D eigenvalue weighted by molar-refractivity contribution is 6.31. The van der Waals surface area contributed by atoms with Crippen LogP contribution in [0, 0.1) is 6.92 Å². The van der Waals surface area contributed by atoms with Gasteiger partial charge in [-0.05, 0) is 42.9 Å². The smallest absolute Gasteiger partial charge is 0.127 e. The maximum atomic E-state index is 6.34. The molecular formula is C14H20ClNO. The van der Waals surface area contributed by atoms with Gasteiger partial charge in [-0.3, -0.25) is 0 Å². The molecule has 2 rings (SSSR count). The van der Waals surface area contributed by atoms with Crippen LogP contribution in [-0.2, 0) is 5.54 Å². The lowest BCUT2D eigenvalue weighted by Gasteiger charge is -2.23. The first kappa shape index (κ1) is 12.7. The second kappa shape index (κ2) is 4.18. The average Bonchev–Trinajstić information content (AvgIpc) is 2.99. The average molecular weight is 254 g/mol. The Hall–Kier alpha value is -0.730. The van der Waals surface area contributed by atoms with Gasteiger partial charge in [0.25, 0.3) is 0 Å². The minimum absolute atomic E-state index is 0.218. The summed E-state index contributed by atoms with van der Waals surface area (Å²) < 4.78 is 5.60. The lowest BCUT2D eigenvalue weighted by Crippen LogP contribution is -2.22. The Balaban J connectivity index is 2.70. The van der Waals surface area contributed by atoms with Gasteiger partial charge in [0, 0.05) is 16.1 Å². The van der Waals surface area contributed by atoms with Crippen molar-refractivity contribution in [2.45, 2.75) is 45.1 Å². The van der Waals surface area contributed by atoms with Crippen LogP contribution in [-0.4, -0.2) is 7.11 Å². The Morgan fingerprint density at radius 3 is 2.41 bits per heavy atom. The zero-order valence-corrected chi connectivity index (χ0v) is 11.7. The molecule has 0 spiro atoms. The molecule has 2 N–H and O–H groups in total. The van der Waals surface area contributed by atoms with Gasteiger partial charge in [-0.1, -0.05) is 25.4 Å². The van der Waals surface area contributed by atoms with E-state index in [4.69, 9.17) is 22.1 Å². The molecule has 17 heavy (non-hydrogen) atoms. The summed E-state index contributed by atoms with van der Waals surface area (Å²) in [7, 11) is 1.71. The highest BCUT2D eigenvalue weighted by atomic mass is 35.5. The van der Waals surface area contributed by atoms with Crippen LogP contribution in [0.2, 0.25) is 5.02 Å². The molecule has 1 saturated carbocycles. The van der Waals surface area contributed by atoms with Crippen LogP contribution in [0.1, 0.15) is 49.3 Å². The van der Waals surface area contributed by atoms with Crippen molar-refractivity contribution in [3.63, 3.8) is 0 Å². The van der Waals surface area contributed by atoms with Gasteiger partial charge >= 0.3 is 0 Å². The van der Waals surface area contributed by atoms with E-state index in [1.807, 2.05) is 13.0 Å². The standard InChI is InChI=1S/C14H20ClNO/c1-8(2)10-7-11(15)9(3)12(13(10)17-4)14(16)5-6-14/h7-8H,5-6,16H2,1-4H3. The van der Waals surface area contributed by atoms with E-state index in [-0.39, 0.29) is 5.54 Å². The predicted molar refractivity (Wildman–Crippen MR) is 71.9 cm³/mol.